The third-order valence-corrected chi connectivity index (χ3v) is 5.44. The summed E-state index contributed by atoms with van der Waals surface area (Å²) < 4.78 is 52.3. The van der Waals surface area contributed by atoms with Crippen LogP contribution in [0.15, 0.2) is 54.6 Å². The van der Waals surface area contributed by atoms with E-state index in [1.807, 2.05) is 6.08 Å². The van der Waals surface area contributed by atoms with Crippen molar-refractivity contribution in [3.63, 3.8) is 0 Å². The average molecular weight is 471 g/mol. The molecule has 8 heteroatoms. The molecule has 0 bridgehead atoms. The zero-order valence-electron chi connectivity index (χ0n) is 18.9. The highest BCUT2D eigenvalue weighted by Gasteiger charge is 2.43. The number of unbranched alkanes of at least 4 members (excludes halogenated alkanes) is 1. The molecule has 1 aliphatic carbocycles. The molecule has 33 heavy (non-hydrogen) atoms. The first-order valence-electron chi connectivity index (χ1n) is 11.2. The molecule has 1 aliphatic rings. The number of alkyl halides is 3. The number of halogens is 3. The van der Waals surface area contributed by atoms with Crippen molar-refractivity contribution in [3.05, 3.63) is 54.6 Å². The van der Waals surface area contributed by atoms with Crippen LogP contribution >= 0.6 is 0 Å². The highest BCUT2D eigenvalue weighted by molar-refractivity contribution is 5.69. The highest BCUT2D eigenvalue weighted by Crippen LogP contribution is 2.37. The van der Waals surface area contributed by atoms with Crippen molar-refractivity contribution in [1.29, 1.82) is 0 Å². The number of carbonyl (C=O) groups is 1. The number of esters is 1. The van der Waals surface area contributed by atoms with E-state index in [-0.39, 0.29) is 24.2 Å². The van der Waals surface area contributed by atoms with Crippen molar-refractivity contribution in [3.8, 4) is 5.75 Å². The van der Waals surface area contributed by atoms with Gasteiger partial charge in [0, 0.05) is 18.8 Å². The van der Waals surface area contributed by atoms with Crippen LogP contribution in [0.2, 0.25) is 0 Å². The van der Waals surface area contributed by atoms with Crippen LogP contribution in [0, 0.1) is 11.8 Å². The summed E-state index contributed by atoms with van der Waals surface area (Å²) in [6.07, 6.45) is 2.14. The largest absolute Gasteiger partial charge is 0.463 e. The second kappa shape index (κ2) is 12.8. The molecule has 184 valence electrons. The Morgan fingerprint density at radius 1 is 1.18 bits per heavy atom. The van der Waals surface area contributed by atoms with Gasteiger partial charge in [-0.1, -0.05) is 36.4 Å². The molecule has 1 fully saturated rings. The van der Waals surface area contributed by atoms with Crippen LogP contribution in [0.3, 0.4) is 0 Å². The molecular weight excluding hydrogens is 437 g/mol. The van der Waals surface area contributed by atoms with Gasteiger partial charge in [0.05, 0.1) is 18.3 Å². The number of hydrogen-bond donors (Lipinski definition) is 2. The number of rotatable bonds is 12. The molecule has 1 aromatic carbocycles. The summed E-state index contributed by atoms with van der Waals surface area (Å²) in [6.45, 7) is 3.56. The quantitative estimate of drug-likeness (QED) is 0.256. The lowest BCUT2D eigenvalue weighted by Crippen LogP contribution is -2.33. The summed E-state index contributed by atoms with van der Waals surface area (Å²) in [5.41, 5.74) is 0. The zero-order chi connectivity index (χ0) is 24.4. The van der Waals surface area contributed by atoms with Gasteiger partial charge >= 0.3 is 18.2 Å². The lowest BCUT2D eigenvalue weighted by Gasteiger charge is -2.22. The number of hydrogen-bond acceptors (Lipinski definition) is 5. The summed E-state index contributed by atoms with van der Waals surface area (Å²) in [6, 6.07) is 7.49. The van der Waals surface area contributed by atoms with Gasteiger partial charge in [-0.05, 0) is 57.2 Å². The molecule has 0 radical (unpaired) electrons. The molecule has 5 nitrogen and oxygen atoms in total. The van der Waals surface area contributed by atoms with Crippen molar-refractivity contribution < 1.29 is 37.7 Å². The second-order valence-electron chi connectivity index (χ2n) is 8.53. The van der Waals surface area contributed by atoms with Crippen LogP contribution < -0.4 is 4.74 Å². The van der Waals surface area contributed by atoms with Gasteiger partial charge in [-0.2, -0.15) is 13.2 Å². The van der Waals surface area contributed by atoms with Gasteiger partial charge in [-0.15, -0.1) is 0 Å². The van der Waals surface area contributed by atoms with Gasteiger partial charge < -0.3 is 19.7 Å². The number of allylic oxidation sites excluding steroid dienone is 2. The minimum absolute atomic E-state index is 0.0186. The van der Waals surface area contributed by atoms with E-state index in [2.05, 4.69) is 4.74 Å². The summed E-state index contributed by atoms with van der Waals surface area (Å²) in [5.74, 6) is -5.42. The lowest BCUT2D eigenvalue weighted by molar-refractivity contribution is -0.147. The van der Waals surface area contributed by atoms with Crippen LogP contribution in [-0.2, 0) is 9.53 Å². The average Bonchev–Trinajstić information content (AvgIpc) is 3.01. The fourth-order valence-corrected chi connectivity index (χ4v) is 3.78. The molecule has 0 saturated heterocycles. The third-order valence-electron chi connectivity index (χ3n) is 5.44. The molecule has 0 heterocycles. The predicted octanol–water partition coefficient (Wildman–Crippen LogP) is 4.98. The van der Waals surface area contributed by atoms with E-state index in [0.717, 1.165) is 6.08 Å². The second-order valence-corrected chi connectivity index (χ2v) is 8.53. The van der Waals surface area contributed by atoms with Crippen molar-refractivity contribution in [2.24, 2.45) is 11.8 Å². The van der Waals surface area contributed by atoms with E-state index >= 15 is 0 Å². The van der Waals surface area contributed by atoms with Crippen LogP contribution in [0.25, 0.3) is 0 Å². The van der Waals surface area contributed by atoms with E-state index in [1.54, 1.807) is 38.1 Å². The summed E-state index contributed by atoms with van der Waals surface area (Å²) in [7, 11) is 0. The number of ether oxygens (including phenoxy) is 2. The van der Waals surface area contributed by atoms with Crippen molar-refractivity contribution >= 4 is 5.97 Å². The maximum absolute atomic E-state index is 14.3. The van der Waals surface area contributed by atoms with Gasteiger partial charge in [0.15, 0.2) is 0 Å². The van der Waals surface area contributed by atoms with E-state index < -0.39 is 36.3 Å². The molecule has 2 N–H and O–H groups in total. The van der Waals surface area contributed by atoms with Crippen molar-refractivity contribution in [2.45, 2.75) is 76.5 Å². The highest BCUT2D eigenvalue weighted by atomic mass is 19.3. The molecule has 1 unspecified atom stereocenters. The number of carbonyl (C=O) groups excluding carboxylic acids is 1. The summed E-state index contributed by atoms with van der Waals surface area (Å²) in [4.78, 5) is 11.5. The van der Waals surface area contributed by atoms with E-state index in [0.29, 0.717) is 31.8 Å². The topological polar surface area (TPSA) is 76.0 Å². The Balaban J connectivity index is 1.89. The monoisotopic (exact) mass is 470 g/mol. The first-order chi connectivity index (χ1) is 15.6. The molecule has 0 aliphatic heterocycles. The fraction of sp³-hybridized carbons (Fsp3) is 0.560. The van der Waals surface area contributed by atoms with E-state index in [9.17, 15) is 28.2 Å². The Bertz CT molecular complexity index is 782. The van der Waals surface area contributed by atoms with Crippen molar-refractivity contribution in [2.75, 3.05) is 0 Å². The zero-order valence-corrected chi connectivity index (χ0v) is 18.9. The van der Waals surface area contributed by atoms with Gasteiger partial charge in [-0.25, -0.2) is 0 Å². The number of aliphatic hydroxyl groups is 2. The molecular formula is C25H33F3O5. The summed E-state index contributed by atoms with van der Waals surface area (Å²) in [5, 5.41) is 20.5. The lowest BCUT2D eigenvalue weighted by atomic mass is 9.89. The SMILES string of the molecule is CC(C)OC(=O)CCC/C=C\C[C@@H]1[C@@H](/C=C/C(F)(F)C(F)Oc2ccccc2)[C@H](O)C[C@@H]1O. The molecule has 1 saturated carbocycles. The molecule has 0 amide bonds. The maximum atomic E-state index is 14.3. The standard InChI is InChI=1S/C25H33F3O5/c1-17(2)32-23(31)13-9-4-3-8-12-19-20(22(30)16-21(19)29)14-15-25(27,28)24(26)33-18-10-6-5-7-11-18/h3,5-8,10-11,14-15,17,19-22,24,29-30H,4,9,12-13,16H2,1-2H3/b8-3-,15-14+/t19-,20-,21+,22-,24?/m1/s1. The smallest absolute Gasteiger partial charge is 0.331 e. The molecule has 0 aromatic heterocycles. The maximum Gasteiger partial charge on any atom is 0.331 e. The molecule has 1 aromatic rings. The van der Waals surface area contributed by atoms with Gasteiger partial charge in [0.25, 0.3) is 0 Å². The van der Waals surface area contributed by atoms with Gasteiger partial charge in [-0.3, -0.25) is 4.79 Å². The van der Waals surface area contributed by atoms with Crippen LogP contribution in [0.4, 0.5) is 13.2 Å². The van der Waals surface area contributed by atoms with Crippen molar-refractivity contribution in [1.82, 2.24) is 0 Å². The Morgan fingerprint density at radius 2 is 1.88 bits per heavy atom. The van der Waals surface area contributed by atoms with E-state index in [4.69, 9.17) is 4.74 Å². The Labute approximate surface area is 192 Å². The fourth-order valence-electron chi connectivity index (χ4n) is 3.78. The molecule has 5 atom stereocenters. The Kier molecular flexibility index (Phi) is 10.4. The first-order valence-corrected chi connectivity index (χ1v) is 11.2. The number of para-hydroxylation sites is 1. The minimum atomic E-state index is -3.91. The Hall–Kier alpha value is -2.32. The van der Waals surface area contributed by atoms with Crippen LogP contribution in [-0.4, -0.2) is 46.8 Å². The predicted molar refractivity (Wildman–Crippen MR) is 118 cm³/mol. The summed E-state index contributed by atoms with van der Waals surface area (Å²) >= 11 is 0. The third kappa shape index (κ3) is 8.85. The van der Waals surface area contributed by atoms with Crippen LogP contribution in [0.5, 0.6) is 5.75 Å². The van der Waals surface area contributed by atoms with Gasteiger partial charge in [0.1, 0.15) is 5.75 Å². The van der Waals surface area contributed by atoms with E-state index in [1.165, 1.54) is 12.1 Å². The van der Waals surface area contributed by atoms with Crippen LogP contribution in [0.1, 0.15) is 46.0 Å². The normalized spacial score (nSPS) is 24.6. The Morgan fingerprint density at radius 3 is 2.55 bits per heavy atom. The number of benzene rings is 1. The molecule has 0 spiro atoms. The minimum Gasteiger partial charge on any atom is -0.463 e. The number of aliphatic hydroxyl groups excluding tert-OH is 2. The van der Waals surface area contributed by atoms with Gasteiger partial charge in [0.2, 0.25) is 0 Å². The molecule has 2 rings (SSSR count). The first kappa shape index (κ1) is 26.9.